The molecular formula is C12H9ClN2O2. The number of benzene rings is 1. The summed E-state index contributed by atoms with van der Waals surface area (Å²) in [5.74, 6) is 0.633. The van der Waals surface area contributed by atoms with Crippen molar-refractivity contribution in [3.63, 3.8) is 0 Å². The number of nitrogens with zero attached hydrogens (tertiary/aromatic N) is 2. The summed E-state index contributed by atoms with van der Waals surface area (Å²) in [7, 11) is 0. The fourth-order valence-corrected chi connectivity index (χ4v) is 1.49. The van der Waals surface area contributed by atoms with Gasteiger partial charge in [-0.1, -0.05) is 11.6 Å². The third-order valence-corrected chi connectivity index (χ3v) is 2.36. The number of aromatic nitrogens is 2. The summed E-state index contributed by atoms with van der Waals surface area (Å²) in [6.45, 7) is 1.88. The van der Waals surface area contributed by atoms with Crippen molar-refractivity contribution >= 4 is 17.9 Å². The summed E-state index contributed by atoms with van der Waals surface area (Å²) in [5, 5.41) is 0.645. The summed E-state index contributed by atoms with van der Waals surface area (Å²) >= 11 is 5.83. The molecule has 4 nitrogen and oxygen atoms in total. The highest BCUT2D eigenvalue weighted by Crippen LogP contribution is 2.24. The third-order valence-electron chi connectivity index (χ3n) is 2.12. The standard InChI is InChI=1S/C12H9ClN2O2/c1-8-4-10(13)2-3-11(8)17-12-14-5-9(7-16)6-15-12/h2-7H,1H3. The third kappa shape index (κ3) is 2.79. The van der Waals surface area contributed by atoms with Gasteiger partial charge in [-0.2, -0.15) is 0 Å². The van der Waals surface area contributed by atoms with Gasteiger partial charge >= 0.3 is 6.01 Å². The van der Waals surface area contributed by atoms with Crippen molar-refractivity contribution in [1.82, 2.24) is 9.97 Å². The van der Waals surface area contributed by atoms with E-state index in [9.17, 15) is 4.79 Å². The van der Waals surface area contributed by atoms with E-state index in [-0.39, 0.29) is 6.01 Å². The predicted molar refractivity (Wildman–Crippen MR) is 63.7 cm³/mol. The van der Waals surface area contributed by atoms with Crippen LogP contribution in [0.1, 0.15) is 15.9 Å². The molecule has 0 spiro atoms. The quantitative estimate of drug-likeness (QED) is 0.784. The van der Waals surface area contributed by atoms with Gasteiger partial charge in [-0.3, -0.25) is 4.79 Å². The maximum Gasteiger partial charge on any atom is 0.321 e. The molecule has 0 aliphatic rings. The van der Waals surface area contributed by atoms with E-state index in [4.69, 9.17) is 16.3 Å². The first kappa shape index (κ1) is 11.5. The SMILES string of the molecule is Cc1cc(Cl)ccc1Oc1ncc(C=O)cn1. The molecule has 5 heteroatoms. The van der Waals surface area contributed by atoms with Crippen LogP contribution in [0, 0.1) is 6.92 Å². The van der Waals surface area contributed by atoms with E-state index < -0.39 is 0 Å². The molecular weight excluding hydrogens is 240 g/mol. The highest BCUT2D eigenvalue weighted by molar-refractivity contribution is 6.30. The summed E-state index contributed by atoms with van der Waals surface area (Å²) in [6.07, 6.45) is 3.48. The van der Waals surface area contributed by atoms with Crippen LogP contribution in [0.2, 0.25) is 5.02 Å². The number of halogens is 1. The van der Waals surface area contributed by atoms with Crippen LogP contribution in [0.25, 0.3) is 0 Å². The molecule has 0 saturated carbocycles. The number of aldehydes is 1. The Labute approximate surface area is 103 Å². The number of carbonyl (C=O) groups excluding carboxylic acids is 1. The lowest BCUT2D eigenvalue weighted by atomic mass is 10.2. The largest absolute Gasteiger partial charge is 0.424 e. The van der Waals surface area contributed by atoms with Gasteiger partial charge in [0.25, 0.3) is 0 Å². The van der Waals surface area contributed by atoms with E-state index in [1.807, 2.05) is 6.92 Å². The monoisotopic (exact) mass is 248 g/mol. The van der Waals surface area contributed by atoms with Crippen LogP contribution in [0.15, 0.2) is 30.6 Å². The van der Waals surface area contributed by atoms with Gasteiger partial charge in [0.2, 0.25) is 0 Å². The lowest BCUT2D eigenvalue weighted by Crippen LogP contribution is -1.94. The molecule has 0 bridgehead atoms. The number of hydrogen-bond acceptors (Lipinski definition) is 4. The first-order chi connectivity index (χ1) is 8.19. The lowest BCUT2D eigenvalue weighted by Gasteiger charge is -2.06. The molecule has 1 heterocycles. The predicted octanol–water partition coefficient (Wildman–Crippen LogP) is 3.04. The molecule has 86 valence electrons. The summed E-state index contributed by atoms with van der Waals surface area (Å²) in [5.41, 5.74) is 1.30. The zero-order valence-electron chi connectivity index (χ0n) is 9.05. The van der Waals surface area contributed by atoms with Gasteiger partial charge in [0.1, 0.15) is 5.75 Å². The molecule has 0 fully saturated rings. The van der Waals surface area contributed by atoms with E-state index in [0.717, 1.165) is 5.56 Å². The molecule has 0 saturated heterocycles. The summed E-state index contributed by atoms with van der Waals surface area (Å²) in [4.78, 5) is 18.3. The Morgan fingerprint density at radius 1 is 1.29 bits per heavy atom. The van der Waals surface area contributed by atoms with E-state index >= 15 is 0 Å². The van der Waals surface area contributed by atoms with Crippen LogP contribution in [0.4, 0.5) is 0 Å². The fraction of sp³-hybridized carbons (Fsp3) is 0.0833. The fourth-order valence-electron chi connectivity index (χ4n) is 1.27. The molecule has 0 N–H and O–H groups in total. The Bertz CT molecular complexity index is 541. The van der Waals surface area contributed by atoms with Crippen LogP contribution in [-0.4, -0.2) is 16.3 Å². The molecule has 0 radical (unpaired) electrons. The maximum absolute atomic E-state index is 10.4. The van der Waals surface area contributed by atoms with Crippen molar-refractivity contribution < 1.29 is 9.53 Å². The van der Waals surface area contributed by atoms with Crippen LogP contribution in [-0.2, 0) is 0 Å². The molecule has 0 aliphatic carbocycles. The highest BCUT2D eigenvalue weighted by Gasteiger charge is 2.04. The van der Waals surface area contributed by atoms with E-state index in [2.05, 4.69) is 9.97 Å². The molecule has 0 unspecified atom stereocenters. The van der Waals surface area contributed by atoms with Gasteiger partial charge < -0.3 is 4.74 Å². The molecule has 2 aromatic rings. The molecule has 0 aliphatic heterocycles. The highest BCUT2D eigenvalue weighted by atomic mass is 35.5. The van der Waals surface area contributed by atoms with Gasteiger partial charge in [0, 0.05) is 17.4 Å². The van der Waals surface area contributed by atoms with E-state index in [1.54, 1.807) is 18.2 Å². The van der Waals surface area contributed by atoms with Crippen molar-refractivity contribution in [2.75, 3.05) is 0 Å². The van der Waals surface area contributed by atoms with Crippen LogP contribution in [0.3, 0.4) is 0 Å². The Hall–Kier alpha value is -1.94. The van der Waals surface area contributed by atoms with Gasteiger partial charge in [0.05, 0.1) is 5.56 Å². The number of aryl methyl sites for hydroxylation is 1. The molecule has 1 aromatic heterocycles. The van der Waals surface area contributed by atoms with Crippen LogP contribution >= 0.6 is 11.6 Å². The molecule has 17 heavy (non-hydrogen) atoms. The second-order valence-electron chi connectivity index (χ2n) is 3.43. The first-order valence-corrected chi connectivity index (χ1v) is 5.28. The molecule has 0 atom stereocenters. The second kappa shape index (κ2) is 4.93. The van der Waals surface area contributed by atoms with Crippen molar-refractivity contribution in [3.05, 3.63) is 46.7 Å². The van der Waals surface area contributed by atoms with E-state index in [1.165, 1.54) is 12.4 Å². The smallest absolute Gasteiger partial charge is 0.321 e. The van der Waals surface area contributed by atoms with Crippen molar-refractivity contribution in [2.24, 2.45) is 0 Å². The Balaban J connectivity index is 2.22. The van der Waals surface area contributed by atoms with Gasteiger partial charge in [-0.15, -0.1) is 0 Å². The zero-order chi connectivity index (χ0) is 12.3. The summed E-state index contributed by atoms with van der Waals surface area (Å²) in [6, 6.07) is 5.45. The second-order valence-corrected chi connectivity index (χ2v) is 3.87. The number of rotatable bonds is 3. The van der Waals surface area contributed by atoms with Crippen LogP contribution < -0.4 is 4.74 Å². The Morgan fingerprint density at radius 2 is 2.00 bits per heavy atom. The lowest BCUT2D eigenvalue weighted by molar-refractivity contribution is 0.112. The number of carbonyl (C=O) groups is 1. The maximum atomic E-state index is 10.4. The van der Waals surface area contributed by atoms with Crippen molar-refractivity contribution in [1.29, 1.82) is 0 Å². The van der Waals surface area contributed by atoms with E-state index in [0.29, 0.717) is 22.6 Å². The number of hydrogen-bond donors (Lipinski definition) is 0. The minimum Gasteiger partial charge on any atom is -0.424 e. The minimum atomic E-state index is 0.195. The van der Waals surface area contributed by atoms with Crippen molar-refractivity contribution in [2.45, 2.75) is 6.92 Å². The zero-order valence-corrected chi connectivity index (χ0v) is 9.81. The average molecular weight is 249 g/mol. The van der Waals surface area contributed by atoms with Gasteiger partial charge in [-0.05, 0) is 30.7 Å². The summed E-state index contributed by atoms with van der Waals surface area (Å²) < 4.78 is 5.47. The van der Waals surface area contributed by atoms with Gasteiger partial charge in [-0.25, -0.2) is 9.97 Å². The van der Waals surface area contributed by atoms with Gasteiger partial charge in [0.15, 0.2) is 6.29 Å². The van der Waals surface area contributed by atoms with Crippen LogP contribution in [0.5, 0.6) is 11.8 Å². The number of ether oxygens (including phenoxy) is 1. The molecule has 0 amide bonds. The topological polar surface area (TPSA) is 52.1 Å². The van der Waals surface area contributed by atoms with Crippen molar-refractivity contribution in [3.8, 4) is 11.8 Å². The molecule has 2 rings (SSSR count). The Morgan fingerprint density at radius 3 is 2.59 bits per heavy atom. The minimum absolute atomic E-state index is 0.195. The first-order valence-electron chi connectivity index (χ1n) is 4.90. The molecule has 1 aromatic carbocycles. The average Bonchev–Trinajstić information content (AvgIpc) is 2.34. The normalized spacial score (nSPS) is 10.0. The Kier molecular flexibility index (Phi) is 3.35.